The molecule has 2 aromatic carbocycles. The maximum Gasteiger partial charge on any atom is 0.123 e. The zero-order valence-electron chi connectivity index (χ0n) is 13.0. The van der Waals surface area contributed by atoms with Crippen LogP contribution in [0.1, 0.15) is 16.1 Å². The van der Waals surface area contributed by atoms with E-state index < -0.39 is 0 Å². The van der Waals surface area contributed by atoms with E-state index >= 15 is 0 Å². The number of hydrogen-bond acceptors (Lipinski definition) is 3. The molecule has 0 spiro atoms. The standard InChI is InChI=1S/C19H18BrNOS/c1-14-18(21-19(23-14)16-5-3-2-4-6-16)11-12-22-13-15-7-9-17(20)10-8-15/h2-10H,11-13H2,1H3. The summed E-state index contributed by atoms with van der Waals surface area (Å²) in [5.74, 6) is 0. The van der Waals surface area contributed by atoms with E-state index in [9.17, 15) is 0 Å². The van der Waals surface area contributed by atoms with Crippen LogP contribution in [0.2, 0.25) is 0 Å². The molecule has 0 aliphatic rings. The van der Waals surface area contributed by atoms with Gasteiger partial charge in [0.2, 0.25) is 0 Å². The monoisotopic (exact) mass is 387 g/mol. The molecule has 3 rings (SSSR count). The van der Waals surface area contributed by atoms with Gasteiger partial charge in [0, 0.05) is 21.3 Å². The molecule has 23 heavy (non-hydrogen) atoms. The zero-order valence-corrected chi connectivity index (χ0v) is 15.4. The van der Waals surface area contributed by atoms with Crippen LogP contribution in [0.5, 0.6) is 0 Å². The van der Waals surface area contributed by atoms with Gasteiger partial charge in [-0.05, 0) is 24.6 Å². The molecule has 2 nitrogen and oxygen atoms in total. The van der Waals surface area contributed by atoms with Crippen molar-refractivity contribution in [3.8, 4) is 10.6 Å². The van der Waals surface area contributed by atoms with E-state index in [1.807, 2.05) is 30.3 Å². The molecule has 0 aliphatic heterocycles. The third-order valence-electron chi connectivity index (χ3n) is 3.58. The van der Waals surface area contributed by atoms with Gasteiger partial charge in [0.15, 0.2) is 0 Å². The topological polar surface area (TPSA) is 22.1 Å². The van der Waals surface area contributed by atoms with Crippen molar-refractivity contribution >= 4 is 27.3 Å². The fraction of sp³-hybridized carbons (Fsp3) is 0.211. The van der Waals surface area contributed by atoms with Crippen molar-refractivity contribution in [3.05, 3.63) is 75.2 Å². The molecule has 0 amide bonds. The van der Waals surface area contributed by atoms with Crippen LogP contribution in [0.3, 0.4) is 0 Å². The Labute approximate surface area is 149 Å². The number of aryl methyl sites for hydroxylation is 1. The summed E-state index contributed by atoms with van der Waals surface area (Å²) in [7, 11) is 0. The normalized spacial score (nSPS) is 10.9. The summed E-state index contributed by atoms with van der Waals surface area (Å²) in [4.78, 5) is 6.04. The van der Waals surface area contributed by atoms with Crippen LogP contribution in [0.25, 0.3) is 10.6 Å². The molecule has 0 saturated heterocycles. The number of hydrogen-bond donors (Lipinski definition) is 0. The first-order chi connectivity index (χ1) is 11.2. The average Bonchev–Trinajstić information content (AvgIpc) is 2.95. The maximum atomic E-state index is 5.78. The Kier molecular flexibility index (Phi) is 5.60. The van der Waals surface area contributed by atoms with Crippen LogP contribution < -0.4 is 0 Å². The molecule has 1 heterocycles. The van der Waals surface area contributed by atoms with Gasteiger partial charge < -0.3 is 4.74 Å². The largest absolute Gasteiger partial charge is 0.376 e. The van der Waals surface area contributed by atoms with Crippen molar-refractivity contribution in [1.82, 2.24) is 4.98 Å². The third kappa shape index (κ3) is 4.50. The Morgan fingerprint density at radius 2 is 1.78 bits per heavy atom. The van der Waals surface area contributed by atoms with Crippen molar-refractivity contribution in [3.63, 3.8) is 0 Å². The number of nitrogens with zero attached hydrogens (tertiary/aromatic N) is 1. The highest BCUT2D eigenvalue weighted by atomic mass is 79.9. The van der Waals surface area contributed by atoms with Gasteiger partial charge in [-0.25, -0.2) is 4.98 Å². The second kappa shape index (κ2) is 7.86. The smallest absolute Gasteiger partial charge is 0.123 e. The average molecular weight is 388 g/mol. The Morgan fingerprint density at radius 3 is 2.52 bits per heavy atom. The van der Waals surface area contributed by atoms with E-state index in [2.05, 4.69) is 47.1 Å². The van der Waals surface area contributed by atoms with Gasteiger partial charge in [-0.3, -0.25) is 0 Å². The predicted octanol–water partition coefficient (Wildman–Crippen LogP) is 5.64. The lowest BCUT2D eigenvalue weighted by Gasteiger charge is -2.04. The Balaban J connectivity index is 1.54. The maximum absolute atomic E-state index is 5.78. The number of halogens is 1. The summed E-state index contributed by atoms with van der Waals surface area (Å²) in [6.07, 6.45) is 0.853. The van der Waals surface area contributed by atoms with Crippen LogP contribution in [0.15, 0.2) is 59.1 Å². The first-order valence-corrected chi connectivity index (χ1v) is 9.17. The van der Waals surface area contributed by atoms with E-state index in [0.29, 0.717) is 13.2 Å². The lowest BCUT2D eigenvalue weighted by Crippen LogP contribution is -2.00. The van der Waals surface area contributed by atoms with Gasteiger partial charge in [-0.15, -0.1) is 11.3 Å². The van der Waals surface area contributed by atoms with Gasteiger partial charge in [-0.1, -0.05) is 58.4 Å². The van der Waals surface area contributed by atoms with Gasteiger partial charge in [0.25, 0.3) is 0 Å². The van der Waals surface area contributed by atoms with E-state index in [0.717, 1.165) is 21.6 Å². The molecule has 0 radical (unpaired) electrons. The van der Waals surface area contributed by atoms with Crippen molar-refractivity contribution in [1.29, 1.82) is 0 Å². The fourth-order valence-corrected chi connectivity index (χ4v) is 3.53. The molecular weight excluding hydrogens is 370 g/mol. The highest BCUT2D eigenvalue weighted by molar-refractivity contribution is 9.10. The van der Waals surface area contributed by atoms with Crippen molar-refractivity contribution < 1.29 is 4.74 Å². The molecule has 118 valence electrons. The van der Waals surface area contributed by atoms with Gasteiger partial charge in [-0.2, -0.15) is 0 Å². The molecule has 1 aromatic heterocycles. The van der Waals surface area contributed by atoms with Crippen molar-refractivity contribution in [2.75, 3.05) is 6.61 Å². The number of ether oxygens (including phenoxy) is 1. The molecule has 0 bridgehead atoms. The van der Waals surface area contributed by atoms with E-state index in [4.69, 9.17) is 9.72 Å². The number of aromatic nitrogens is 1. The SMILES string of the molecule is Cc1sc(-c2ccccc2)nc1CCOCc1ccc(Br)cc1. The van der Waals surface area contributed by atoms with Crippen LogP contribution in [-0.2, 0) is 17.8 Å². The lowest BCUT2D eigenvalue weighted by molar-refractivity contribution is 0.123. The summed E-state index contributed by atoms with van der Waals surface area (Å²) >= 11 is 5.19. The third-order valence-corrected chi connectivity index (χ3v) is 5.17. The molecule has 4 heteroatoms. The first-order valence-electron chi connectivity index (χ1n) is 7.56. The molecule has 0 fully saturated rings. The molecule has 0 N–H and O–H groups in total. The highest BCUT2D eigenvalue weighted by Crippen LogP contribution is 2.27. The number of rotatable bonds is 6. The van der Waals surface area contributed by atoms with E-state index in [-0.39, 0.29) is 0 Å². The van der Waals surface area contributed by atoms with Crippen LogP contribution in [0.4, 0.5) is 0 Å². The Hall–Kier alpha value is -1.49. The molecule has 0 unspecified atom stereocenters. The summed E-state index contributed by atoms with van der Waals surface area (Å²) in [5, 5.41) is 1.09. The number of thiazole rings is 1. The lowest BCUT2D eigenvalue weighted by atomic mass is 10.2. The molecule has 0 atom stereocenters. The van der Waals surface area contributed by atoms with E-state index in [1.54, 1.807) is 11.3 Å². The minimum atomic E-state index is 0.641. The molecule has 0 saturated carbocycles. The summed E-state index contributed by atoms with van der Waals surface area (Å²) in [6, 6.07) is 18.6. The van der Waals surface area contributed by atoms with Crippen LogP contribution >= 0.6 is 27.3 Å². The minimum absolute atomic E-state index is 0.641. The Morgan fingerprint density at radius 1 is 1.04 bits per heavy atom. The van der Waals surface area contributed by atoms with Crippen molar-refractivity contribution in [2.24, 2.45) is 0 Å². The Bertz CT molecular complexity index is 753. The molecule has 3 aromatic rings. The van der Waals surface area contributed by atoms with Crippen molar-refractivity contribution in [2.45, 2.75) is 20.0 Å². The van der Waals surface area contributed by atoms with E-state index in [1.165, 1.54) is 16.0 Å². The van der Waals surface area contributed by atoms with Gasteiger partial charge in [0.05, 0.1) is 18.9 Å². The second-order valence-corrected chi connectivity index (χ2v) is 7.44. The first kappa shape index (κ1) is 16.4. The molecular formula is C19H18BrNOS. The number of benzene rings is 2. The predicted molar refractivity (Wildman–Crippen MR) is 99.8 cm³/mol. The quantitative estimate of drug-likeness (QED) is 0.510. The summed E-state index contributed by atoms with van der Waals surface area (Å²) in [5.41, 5.74) is 3.51. The summed E-state index contributed by atoms with van der Waals surface area (Å²) < 4.78 is 6.87. The minimum Gasteiger partial charge on any atom is -0.376 e. The van der Waals surface area contributed by atoms with Gasteiger partial charge in [0.1, 0.15) is 5.01 Å². The van der Waals surface area contributed by atoms with Gasteiger partial charge >= 0.3 is 0 Å². The van der Waals surface area contributed by atoms with Crippen LogP contribution in [0, 0.1) is 6.92 Å². The molecule has 0 aliphatic carbocycles. The second-order valence-electron chi connectivity index (χ2n) is 5.32. The summed E-state index contributed by atoms with van der Waals surface area (Å²) in [6.45, 7) is 3.46. The fourth-order valence-electron chi connectivity index (χ4n) is 2.30. The highest BCUT2D eigenvalue weighted by Gasteiger charge is 2.09. The zero-order chi connectivity index (χ0) is 16.1. The van der Waals surface area contributed by atoms with Crippen LogP contribution in [-0.4, -0.2) is 11.6 Å².